The van der Waals surface area contributed by atoms with Crippen LogP contribution in [0.5, 0.6) is 0 Å². The van der Waals surface area contributed by atoms with Crippen LogP contribution in [-0.4, -0.2) is 42.1 Å². The second kappa shape index (κ2) is 9.30. The number of ether oxygens (including phenoxy) is 1. The molecule has 3 aromatic heterocycles. The molecule has 0 saturated carbocycles. The maximum absolute atomic E-state index is 12.5. The van der Waals surface area contributed by atoms with E-state index in [4.69, 9.17) is 16.3 Å². The van der Waals surface area contributed by atoms with Gasteiger partial charge in [-0.2, -0.15) is 9.61 Å². The minimum Gasteiger partial charge on any atom is -0.376 e. The third-order valence-electron chi connectivity index (χ3n) is 5.22. The third-order valence-corrected chi connectivity index (χ3v) is 7.53. The van der Waals surface area contributed by atoms with Gasteiger partial charge < -0.3 is 4.74 Å². The SMILES string of the molecule is CCc1nn2c(=O)cc(CSc3nnc(-c4ccc(Cl)cc4)n3CC3CCCO3)nc2s1. The Kier molecular flexibility index (Phi) is 6.27. The molecule has 1 atom stereocenters. The molecule has 1 saturated heterocycles. The molecule has 166 valence electrons. The van der Waals surface area contributed by atoms with Gasteiger partial charge in [0.2, 0.25) is 4.96 Å². The van der Waals surface area contributed by atoms with Gasteiger partial charge >= 0.3 is 0 Å². The van der Waals surface area contributed by atoms with Crippen LogP contribution in [0, 0.1) is 0 Å². The van der Waals surface area contributed by atoms with Crippen molar-refractivity contribution in [3.63, 3.8) is 0 Å². The van der Waals surface area contributed by atoms with E-state index in [2.05, 4.69) is 24.8 Å². The van der Waals surface area contributed by atoms with Crippen molar-refractivity contribution >= 4 is 39.7 Å². The molecular weight excluding hydrogens is 468 g/mol. The zero-order valence-electron chi connectivity index (χ0n) is 17.4. The maximum Gasteiger partial charge on any atom is 0.275 e. The Morgan fingerprint density at radius 1 is 1.28 bits per heavy atom. The molecular formula is C21H21ClN6O2S2. The highest BCUT2D eigenvalue weighted by Gasteiger charge is 2.22. The van der Waals surface area contributed by atoms with E-state index < -0.39 is 0 Å². The van der Waals surface area contributed by atoms with E-state index in [0.29, 0.717) is 28.0 Å². The van der Waals surface area contributed by atoms with Crippen LogP contribution >= 0.6 is 34.7 Å². The number of aryl methyl sites for hydroxylation is 1. The van der Waals surface area contributed by atoms with Gasteiger partial charge in [0.25, 0.3) is 5.56 Å². The van der Waals surface area contributed by atoms with Gasteiger partial charge in [0.05, 0.1) is 18.3 Å². The normalized spacial score (nSPS) is 16.2. The standard InChI is InChI=1S/C21H21ClN6O2S2/c1-2-17-26-28-18(29)10-15(23-20(28)32-17)12-31-21-25-24-19(13-5-7-14(22)8-6-13)27(21)11-16-4-3-9-30-16/h5-8,10,16H,2-4,9,11-12H2,1H3. The second-order valence-corrected chi connectivity index (χ2v) is 9.90. The topological polar surface area (TPSA) is 87.2 Å². The summed E-state index contributed by atoms with van der Waals surface area (Å²) >= 11 is 9.02. The fourth-order valence-electron chi connectivity index (χ4n) is 3.62. The maximum atomic E-state index is 12.5. The van der Waals surface area contributed by atoms with Gasteiger partial charge in [-0.05, 0) is 43.5 Å². The smallest absolute Gasteiger partial charge is 0.275 e. The lowest BCUT2D eigenvalue weighted by atomic mass is 10.2. The molecule has 1 unspecified atom stereocenters. The predicted molar refractivity (Wildman–Crippen MR) is 126 cm³/mol. The molecule has 0 aliphatic carbocycles. The average Bonchev–Trinajstić information content (AvgIpc) is 3.53. The van der Waals surface area contributed by atoms with E-state index in [1.165, 1.54) is 27.6 Å². The quantitative estimate of drug-likeness (QED) is 0.362. The number of nitrogens with zero attached hydrogens (tertiary/aromatic N) is 6. The van der Waals surface area contributed by atoms with Gasteiger partial charge in [-0.25, -0.2) is 4.98 Å². The Morgan fingerprint density at radius 2 is 2.12 bits per heavy atom. The molecule has 1 aliphatic heterocycles. The molecule has 8 nitrogen and oxygen atoms in total. The summed E-state index contributed by atoms with van der Waals surface area (Å²) in [4.78, 5) is 17.7. The highest BCUT2D eigenvalue weighted by Crippen LogP contribution is 2.29. The summed E-state index contributed by atoms with van der Waals surface area (Å²) in [5.41, 5.74) is 1.48. The van der Waals surface area contributed by atoms with Crippen LogP contribution in [0.25, 0.3) is 16.3 Å². The van der Waals surface area contributed by atoms with Crippen LogP contribution in [0.15, 0.2) is 40.3 Å². The van der Waals surface area contributed by atoms with Gasteiger partial charge in [-0.15, -0.1) is 10.2 Å². The average molecular weight is 489 g/mol. The van der Waals surface area contributed by atoms with E-state index in [1.54, 1.807) is 6.07 Å². The van der Waals surface area contributed by atoms with E-state index >= 15 is 0 Å². The Morgan fingerprint density at radius 3 is 2.88 bits per heavy atom. The van der Waals surface area contributed by atoms with Gasteiger partial charge in [0.1, 0.15) is 5.01 Å². The minimum absolute atomic E-state index is 0.139. The molecule has 4 aromatic rings. The van der Waals surface area contributed by atoms with Crippen molar-refractivity contribution in [2.45, 2.75) is 49.7 Å². The molecule has 5 rings (SSSR count). The Labute approximate surface area is 197 Å². The van der Waals surface area contributed by atoms with Crippen LogP contribution in [0.2, 0.25) is 5.02 Å². The van der Waals surface area contributed by atoms with Crippen molar-refractivity contribution in [2.75, 3.05) is 6.61 Å². The Hall–Kier alpha value is -2.27. The van der Waals surface area contributed by atoms with Crippen LogP contribution in [0.4, 0.5) is 0 Å². The fraction of sp³-hybridized carbons (Fsp3) is 0.381. The number of hydrogen-bond donors (Lipinski definition) is 0. The van der Waals surface area contributed by atoms with E-state index in [1.807, 2.05) is 31.2 Å². The lowest BCUT2D eigenvalue weighted by molar-refractivity contribution is 0.0953. The molecule has 0 radical (unpaired) electrons. The van der Waals surface area contributed by atoms with Crippen LogP contribution in [0.3, 0.4) is 0 Å². The summed E-state index contributed by atoms with van der Waals surface area (Å²) < 4.78 is 9.33. The lowest BCUT2D eigenvalue weighted by Crippen LogP contribution is -2.17. The van der Waals surface area contributed by atoms with Gasteiger partial charge in [0.15, 0.2) is 11.0 Å². The summed E-state index contributed by atoms with van der Waals surface area (Å²) in [6.45, 7) is 3.48. The van der Waals surface area contributed by atoms with Crippen molar-refractivity contribution < 1.29 is 4.74 Å². The summed E-state index contributed by atoms with van der Waals surface area (Å²) in [7, 11) is 0. The number of benzene rings is 1. The molecule has 11 heteroatoms. The fourth-order valence-corrected chi connectivity index (χ4v) is 5.44. The van der Waals surface area contributed by atoms with Gasteiger partial charge in [-0.3, -0.25) is 9.36 Å². The number of halogens is 1. The molecule has 0 N–H and O–H groups in total. The molecule has 32 heavy (non-hydrogen) atoms. The van der Waals surface area contributed by atoms with Crippen LogP contribution in [-0.2, 0) is 23.5 Å². The molecule has 1 aliphatic rings. The second-order valence-electron chi connectivity index (χ2n) is 7.48. The Balaban J connectivity index is 1.43. The van der Waals surface area contributed by atoms with Crippen molar-refractivity contribution in [3.05, 3.63) is 56.4 Å². The van der Waals surface area contributed by atoms with Gasteiger partial charge in [0, 0.05) is 29.0 Å². The molecule has 1 fully saturated rings. The number of aromatic nitrogens is 6. The van der Waals surface area contributed by atoms with E-state index in [0.717, 1.165) is 47.4 Å². The summed E-state index contributed by atoms with van der Waals surface area (Å²) in [5, 5.41) is 15.5. The molecule has 1 aromatic carbocycles. The van der Waals surface area contributed by atoms with E-state index in [9.17, 15) is 4.79 Å². The lowest BCUT2D eigenvalue weighted by Gasteiger charge is -2.14. The first-order chi connectivity index (χ1) is 15.6. The Bertz CT molecular complexity index is 1290. The van der Waals surface area contributed by atoms with Crippen molar-refractivity contribution in [1.82, 2.24) is 29.4 Å². The number of fused-ring (bicyclic) bond motifs is 1. The van der Waals surface area contributed by atoms with Crippen molar-refractivity contribution in [2.24, 2.45) is 0 Å². The first-order valence-electron chi connectivity index (χ1n) is 10.4. The number of thioether (sulfide) groups is 1. The molecule has 0 amide bonds. The molecule has 0 spiro atoms. The molecule has 0 bridgehead atoms. The number of rotatable bonds is 7. The van der Waals surface area contributed by atoms with Crippen molar-refractivity contribution in [3.8, 4) is 11.4 Å². The van der Waals surface area contributed by atoms with Crippen LogP contribution < -0.4 is 5.56 Å². The van der Waals surface area contributed by atoms with Gasteiger partial charge in [-0.1, -0.05) is 41.6 Å². The predicted octanol–water partition coefficient (Wildman–Crippen LogP) is 4.10. The summed E-state index contributed by atoms with van der Waals surface area (Å²) in [6.07, 6.45) is 2.99. The summed E-state index contributed by atoms with van der Waals surface area (Å²) in [6, 6.07) is 9.12. The zero-order chi connectivity index (χ0) is 22.1. The molecule has 4 heterocycles. The first kappa shape index (κ1) is 21.6. The van der Waals surface area contributed by atoms with E-state index in [-0.39, 0.29) is 11.7 Å². The number of hydrogen-bond acceptors (Lipinski definition) is 8. The van der Waals surface area contributed by atoms with Crippen LogP contribution in [0.1, 0.15) is 30.5 Å². The third kappa shape index (κ3) is 4.45. The zero-order valence-corrected chi connectivity index (χ0v) is 19.8. The first-order valence-corrected chi connectivity index (χ1v) is 12.6. The highest BCUT2D eigenvalue weighted by molar-refractivity contribution is 7.98. The largest absolute Gasteiger partial charge is 0.376 e. The minimum atomic E-state index is -0.163. The summed E-state index contributed by atoms with van der Waals surface area (Å²) in [5.74, 6) is 1.29. The monoisotopic (exact) mass is 488 g/mol. The van der Waals surface area contributed by atoms with Crippen molar-refractivity contribution in [1.29, 1.82) is 0 Å². The highest BCUT2D eigenvalue weighted by atomic mass is 35.5.